The topological polar surface area (TPSA) is 744 Å². The first-order valence-corrected chi connectivity index (χ1v) is 31.1. The van der Waals surface area contributed by atoms with Gasteiger partial charge in [-0.05, 0) is 54.6 Å². The lowest BCUT2D eigenvalue weighted by molar-refractivity contribution is -0.284. The Morgan fingerprint density at radius 1 is 0.304 bits per heavy atom. The number of hydrogen-bond acceptors (Lipinski definition) is 44. The molecular formula is C68H50O44. The number of carbonyl (C=O) groups excluding carboxylic acids is 8. The first-order valence-electron chi connectivity index (χ1n) is 31.1. The molecule has 0 spiro atoms. The van der Waals surface area contributed by atoms with Gasteiger partial charge in [-0.15, -0.1) is 0 Å². The number of aliphatic hydroxyl groups excluding tert-OH is 2. The Bertz CT molecular complexity index is 5320. The average molecular weight is 1570 g/mol. The van der Waals surface area contributed by atoms with Crippen molar-refractivity contribution in [3.63, 3.8) is 0 Å². The quantitative estimate of drug-likeness (QED) is 0.0527. The Labute approximate surface area is 616 Å². The van der Waals surface area contributed by atoms with Crippen LogP contribution in [-0.4, -0.2) is 250 Å². The van der Waals surface area contributed by atoms with Crippen LogP contribution in [0.3, 0.4) is 0 Å². The van der Waals surface area contributed by atoms with E-state index in [2.05, 4.69) is 0 Å². The number of esters is 8. The third-order valence-electron chi connectivity index (χ3n) is 17.4. The fourth-order valence-corrected chi connectivity index (χ4v) is 11.9. The first-order chi connectivity index (χ1) is 52.7. The monoisotopic (exact) mass is 1570 g/mol. The molecule has 0 radical (unpaired) electrons. The molecule has 4 heterocycles. The number of cyclic esters (lactones) is 2. The lowest BCUT2D eigenvalue weighted by atomic mass is 9.91. The van der Waals surface area contributed by atoms with Crippen LogP contribution in [0.1, 0.15) is 82.9 Å². The average Bonchev–Trinajstić information content (AvgIpc) is 1.51. The van der Waals surface area contributed by atoms with E-state index in [9.17, 15) is 166 Å². The highest BCUT2D eigenvalue weighted by Crippen LogP contribution is 2.58. The van der Waals surface area contributed by atoms with Crippen LogP contribution in [0, 0.1) is 0 Å². The van der Waals surface area contributed by atoms with E-state index in [-0.39, 0.29) is 18.2 Å². The largest absolute Gasteiger partial charge is 0.504 e. The van der Waals surface area contributed by atoms with Crippen molar-refractivity contribution in [3.8, 4) is 166 Å². The molecule has 4 aliphatic rings. The molecule has 0 aromatic heterocycles. The van der Waals surface area contributed by atoms with Crippen LogP contribution in [0.4, 0.5) is 0 Å². The van der Waals surface area contributed by atoms with Gasteiger partial charge >= 0.3 is 47.8 Å². The lowest BCUT2D eigenvalue weighted by Crippen LogP contribution is -2.62. The van der Waals surface area contributed by atoms with E-state index in [1.165, 1.54) is 0 Å². The van der Waals surface area contributed by atoms with Gasteiger partial charge in [-0.1, -0.05) is 0 Å². The van der Waals surface area contributed by atoms with Gasteiger partial charge in [-0.3, -0.25) is 0 Å². The molecule has 4 aliphatic heterocycles. The normalized spacial score (nSPS) is 20.7. The Morgan fingerprint density at radius 3 is 0.929 bits per heavy atom. The molecule has 8 aromatic rings. The van der Waals surface area contributed by atoms with Crippen LogP contribution >= 0.6 is 0 Å². The zero-order valence-corrected chi connectivity index (χ0v) is 55.0. The highest BCUT2D eigenvalue weighted by Gasteiger charge is 2.56. The lowest BCUT2D eigenvalue weighted by Gasteiger charge is -2.42. The maximum atomic E-state index is 15.0. The summed E-state index contributed by atoms with van der Waals surface area (Å²) in [5, 5.41) is 271. The predicted octanol–water partition coefficient (Wildman–Crippen LogP) is 1.77. The Kier molecular flexibility index (Phi) is 19.3. The van der Waals surface area contributed by atoms with Crippen molar-refractivity contribution in [2.24, 2.45) is 0 Å². The molecule has 112 heavy (non-hydrogen) atoms. The number of benzene rings is 8. The number of aromatic hydroxyl groups is 23. The molecular weight excluding hydrogens is 1520 g/mol. The van der Waals surface area contributed by atoms with Crippen molar-refractivity contribution in [1.82, 2.24) is 0 Å². The summed E-state index contributed by atoms with van der Waals surface area (Å²) in [6, 6.07) is 4.24. The van der Waals surface area contributed by atoms with Gasteiger partial charge in [0.25, 0.3) is 0 Å². The van der Waals surface area contributed by atoms with Gasteiger partial charge < -0.3 is 180 Å². The SMILES string of the molecule is O=C(O[C@H]1[C@@H]2OC(=O)c3cc(O)c(O)c(O)c3-c3c(cc(Oc4c(C(=O)O[C@H]5C(O)O[C@@H]6COC(=O)c7cc(O)c(O)c(O)c7-c7c(cc(O)c(O)c7O)C(=O)O[C@H]6[C@@H]5OC(=O)c5cc(O)c(O)c(O)c5)cc(O)c(O)c4O)c(O)c3O)C(=O)OC[C@H]2OC(O)[C@@H]1OC(=O)c1cc(O)c(O)c(O)c1)c1cc(O)c(O)c(O)c1. The second-order valence-corrected chi connectivity index (χ2v) is 24.2. The van der Waals surface area contributed by atoms with Gasteiger partial charge in [0.2, 0.25) is 34.5 Å². The standard InChI is InChI=1S/C68H50O44/c69-22-1-14(2-23(70)39(22)79)59(92)109-55-53-34(105-67(100)57(55)111-61(94)16-5-26(73)41(81)27(74)6-16)13-103-63(96)20-11-32(46(86)50(90)38(20)37-19(65(98)107-53)9-30(77)44(84)49(37)89)104-52-21(10-31(78)45(85)51(52)91)66(99)112-58-56(110-60(93)15-3-24(71)40(80)25(72)4-15)54-33(106-68(58)101)12-102-62(95)17-7-28(75)42(82)47(87)35(17)36-18(64(97)108-54)8-29(76)43(83)48(36)88/h1-11,33-34,53-58,67-91,100-101H,12-13H2/t33-,34-,53-,54-,55+,56+,57-,58-,67?,68?/m1/s1. The van der Waals surface area contributed by atoms with Crippen LogP contribution in [0.15, 0.2) is 66.7 Å². The van der Waals surface area contributed by atoms with Gasteiger partial charge in [-0.2, -0.15) is 0 Å². The highest BCUT2D eigenvalue weighted by molar-refractivity contribution is 6.10. The molecule has 25 N–H and O–H groups in total. The Hall–Kier alpha value is -15.4. The van der Waals surface area contributed by atoms with Crippen LogP contribution < -0.4 is 4.74 Å². The van der Waals surface area contributed by atoms with Crippen molar-refractivity contribution < 1.29 is 218 Å². The molecule has 586 valence electrons. The van der Waals surface area contributed by atoms with E-state index in [0.29, 0.717) is 48.5 Å². The van der Waals surface area contributed by atoms with Gasteiger partial charge in [0.05, 0.1) is 38.9 Å². The maximum Gasteiger partial charge on any atom is 0.342 e. The van der Waals surface area contributed by atoms with Crippen LogP contribution in [0.2, 0.25) is 0 Å². The van der Waals surface area contributed by atoms with Crippen molar-refractivity contribution in [2.75, 3.05) is 13.2 Å². The molecule has 2 saturated heterocycles. The minimum Gasteiger partial charge on any atom is -0.504 e. The molecule has 44 heteroatoms. The summed E-state index contributed by atoms with van der Waals surface area (Å²) < 4.78 is 61.0. The molecule has 2 unspecified atom stereocenters. The fraction of sp³-hybridized carbons (Fsp3) is 0.176. The van der Waals surface area contributed by atoms with Crippen molar-refractivity contribution in [2.45, 2.75) is 61.4 Å². The van der Waals surface area contributed by atoms with Gasteiger partial charge in [0, 0.05) is 34.4 Å². The number of fused-ring (bicyclic) bond motifs is 8. The number of aliphatic hydroxyl groups is 2. The van der Waals surface area contributed by atoms with Crippen LogP contribution in [0.5, 0.6) is 144 Å². The van der Waals surface area contributed by atoms with Gasteiger partial charge in [0.1, 0.15) is 31.0 Å². The zero-order valence-electron chi connectivity index (χ0n) is 55.0. The number of hydrogen-bond donors (Lipinski definition) is 25. The predicted molar refractivity (Wildman–Crippen MR) is 345 cm³/mol. The molecule has 0 aliphatic carbocycles. The third kappa shape index (κ3) is 13.2. The van der Waals surface area contributed by atoms with Gasteiger partial charge in [-0.25, -0.2) is 38.4 Å². The zero-order chi connectivity index (χ0) is 81.7. The third-order valence-corrected chi connectivity index (χ3v) is 17.4. The van der Waals surface area contributed by atoms with Crippen molar-refractivity contribution >= 4 is 47.8 Å². The summed E-state index contributed by atoms with van der Waals surface area (Å²) in [6.45, 7) is -2.82. The molecule has 0 amide bonds. The minimum absolute atomic E-state index is 0.159. The fourth-order valence-electron chi connectivity index (χ4n) is 11.9. The molecule has 2 fully saturated rings. The van der Waals surface area contributed by atoms with Gasteiger partial charge in [0.15, 0.2) is 158 Å². The summed E-state index contributed by atoms with van der Waals surface area (Å²) in [7, 11) is 0. The minimum atomic E-state index is -2.88. The summed E-state index contributed by atoms with van der Waals surface area (Å²) in [5.41, 5.74) is -14.2. The van der Waals surface area contributed by atoms with E-state index in [4.69, 9.17) is 52.1 Å². The van der Waals surface area contributed by atoms with E-state index >= 15 is 0 Å². The number of phenolic OH excluding ortho intramolecular Hbond substituents is 23. The molecule has 12 rings (SSSR count). The molecule has 8 aromatic carbocycles. The Morgan fingerprint density at radius 2 is 0.580 bits per heavy atom. The summed E-state index contributed by atoms with van der Waals surface area (Å²) in [6.07, 6.45) is -26.1. The van der Waals surface area contributed by atoms with E-state index in [1.807, 2.05) is 0 Å². The molecule has 10 atom stereocenters. The summed E-state index contributed by atoms with van der Waals surface area (Å²) >= 11 is 0. The van der Waals surface area contributed by atoms with E-state index in [0.717, 1.165) is 0 Å². The Balaban J connectivity index is 0.941. The molecule has 44 nitrogen and oxygen atoms in total. The second kappa shape index (κ2) is 28.4. The van der Waals surface area contributed by atoms with E-state index < -0.39 is 333 Å². The van der Waals surface area contributed by atoms with Crippen LogP contribution in [-0.2, 0) is 47.4 Å². The van der Waals surface area contributed by atoms with Crippen molar-refractivity contribution in [3.05, 3.63) is 111 Å². The molecule has 0 bridgehead atoms. The number of carbonyl (C=O) groups is 8. The van der Waals surface area contributed by atoms with E-state index in [1.54, 1.807) is 0 Å². The number of phenols is 23. The number of ether oxygens (including phenoxy) is 11. The molecule has 0 saturated carbocycles. The van der Waals surface area contributed by atoms with Crippen molar-refractivity contribution in [1.29, 1.82) is 0 Å². The first kappa shape index (κ1) is 76.2. The second-order valence-electron chi connectivity index (χ2n) is 24.2. The number of rotatable bonds is 10. The highest BCUT2D eigenvalue weighted by atomic mass is 16.7. The summed E-state index contributed by atoms with van der Waals surface area (Å²) in [4.78, 5) is 115. The smallest absolute Gasteiger partial charge is 0.342 e. The summed E-state index contributed by atoms with van der Waals surface area (Å²) in [5.74, 6) is -50.8. The van der Waals surface area contributed by atoms with Crippen LogP contribution in [0.25, 0.3) is 22.3 Å². The maximum absolute atomic E-state index is 15.0.